The molecule has 0 aromatic heterocycles. The molecule has 1 unspecified atom stereocenters. The number of nitrogens with zero attached hydrogens (tertiary/aromatic N) is 1. The molecule has 1 rings (SSSR count). The number of benzene rings is 1. The van der Waals surface area contributed by atoms with Crippen LogP contribution in [0.1, 0.15) is 6.92 Å². The molecule has 0 bridgehead atoms. The first kappa shape index (κ1) is 15.2. The van der Waals surface area contributed by atoms with Crippen LogP contribution in [-0.4, -0.2) is 35.2 Å². The van der Waals surface area contributed by atoms with Gasteiger partial charge < -0.3 is 15.2 Å². The third-order valence-corrected chi connectivity index (χ3v) is 2.59. The highest BCUT2D eigenvalue weighted by molar-refractivity contribution is 6.32. The summed E-state index contributed by atoms with van der Waals surface area (Å²) >= 11 is 5.83. The number of hydrogen-bond donors (Lipinski definition) is 2. The second-order valence-corrected chi connectivity index (χ2v) is 4.04. The smallest absolute Gasteiger partial charge is 0.324 e. The number of rotatable bonds is 7. The summed E-state index contributed by atoms with van der Waals surface area (Å²) in [6.45, 7) is 2.04. The van der Waals surface area contributed by atoms with Gasteiger partial charge in [0.05, 0.1) is 16.0 Å². The van der Waals surface area contributed by atoms with Gasteiger partial charge in [-0.15, -0.1) is 0 Å². The molecule has 0 aliphatic carbocycles. The van der Waals surface area contributed by atoms with Crippen molar-refractivity contribution in [3.05, 3.63) is 33.3 Å². The molecule has 0 saturated carbocycles. The zero-order valence-electron chi connectivity index (χ0n) is 10.1. The fourth-order valence-electron chi connectivity index (χ4n) is 1.35. The first-order valence-corrected chi connectivity index (χ1v) is 5.86. The monoisotopic (exact) mass is 288 g/mol. The van der Waals surface area contributed by atoms with Gasteiger partial charge in [0.15, 0.2) is 0 Å². The lowest BCUT2D eigenvalue weighted by Gasteiger charge is -2.14. The highest BCUT2D eigenvalue weighted by Crippen LogP contribution is 2.28. The normalized spacial score (nSPS) is 11.9. The second kappa shape index (κ2) is 6.91. The van der Waals surface area contributed by atoms with E-state index in [1.54, 1.807) is 6.92 Å². The van der Waals surface area contributed by atoms with Crippen molar-refractivity contribution in [1.82, 2.24) is 5.32 Å². The van der Waals surface area contributed by atoms with Crippen molar-refractivity contribution in [1.29, 1.82) is 0 Å². The molecule has 2 N–H and O–H groups in total. The minimum atomic E-state index is -1.07. The Kier molecular flexibility index (Phi) is 5.53. The van der Waals surface area contributed by atoms with Gasteiger partial charge in [-0.25, -0.2) is 0 Å². The summed E-state index contributed by atoms with van der Waals surface area (Å²) in [6.07, 6.45) is 0. The molecule has 19 heavy (non-hydrogen) atoms. The zero-order chi connectivity index (χ0) is 14.4. The molecule has 1 aromatic rings. The van der Waals surface area contributed by atoms with Crippen LogP contribution in [0, 0.1) is 10.1 Å². The molecule has 0 amide bonds. The molecule has 0 aliphatic rings. The Hall–Kier alpha value is -1.86. The van der Waals surface area contributed by atoms with E-state index >= 15 is 0 Å². The fourth-order valence-corrected chi connectivity index (χ4v) is 1.53. The minimum Gasteiger partial charge on any atom is -0.490 e. The van der Waals surface area contributed by atoms with Crippen LogP contribution in [0.25, 0.3) is 0 Å². The quantitative estimate of drug-likeness (QED) is 0.585. The summed E-state index contributed by atoms with van der Waals surface area (Å²) in [4.78, 5) is 20.9. The maximum Gasteiger partial charge on any atom is 0.324 e. The molecular formula is C11H13ClN2O5. The predicted molar refractivity (Wildman–Crippen MR) is 68.7 cm³/mol. The van der Waals surface area contributed by atoms with E-state index in [1.807, 2.05) is 0 Å². The van der Waals surface area contributed by atoms with Crippen molar-refractivity contribution in [3.63, 3.8) is 0 Å². The van der Waals surface area contributed by atoms with Crippen LogP contribution >= 0.6 is 11.6 Å². The lowest BCUT2D eigenvalue weighted by Crippen LogP contribution is -2.41. The number of aliphatic carboxylic acids is 1. The molecular weight excluding hydrogens is 276 g/mol. The predicted octanol–water partition coefficient (Wildman–Crippen LogP) is 1.69. The lowest BCUT2D eigenvalue weighted by molar-refractivity contribution is -0.384. The summed E-state index contributed by atoms with van der Waals surface area (Å²) in [6, 6.07) is 2.83. The lowest BCUT2D eigenvalue weighted by atomic mass is 10.3. The number of likely N-dealkylation sites (N-methyl/N-ethyl adjacent to an activating group) is 1. The Morgan fingerprint density at radius 2 is 2.32 bits per heavy atom. The summed E-state index contributed by atoms with van der Waals surface area (Å²) < 4.78 is 5.22. The molecule has 104 valence electrons. The second-order valence-electron chi connectivity index (χ2n) is 3.63. The molecule has 1 aromatic carbocycles. The summed E-state index contributed by atoms with van der Waals surface area (Å²) in [5.41, 5.74) is -0.172. The van der Waals surface area contributed by atoms with Gasteiger partial charge >= 0.3 is 5.97 Å². The number of carbonyl (C=O) groups is 1. The molecule has 1 atom stereocenters. The van der Waals surface area contributed by atoms with Gasteiger partial charge in [0.2, 0.25) is 0 Å². The van der Waals surface area contributed by atoms with Gasteiger partial charge in [-0.1, -0.05) is 18.5 Å². The molecule has 7 nitrogen and oxygen atoms in total. The zero-order valence-corrected chi connectivity index (χ0v) is 10.9. The number of carboxylic acids is 1. The van der Waals surface area contributed by atoms with E-state index in [4.69, 9.17) is 21.4 Å². The molecule has 8 heteroatoms. The first-order chi connectivity index (χ1) is 8.95. The van der Waals surface area contributed by atoms with E-state index in [9.17, 15) is 14.9 Å². The topological polar surface area (TPSA) is 102 Å². The SMILES string of the molecule is CCNC(COc1cc([N+](=O)[O-])ccc1Cl)C(=O)O. The Morgan fingerprint density at radius 1 is 1.63 bits per heavy atom. The van der Waals surface area contributed by atoms with Gasteiger partial charge in [0.25, 0.3) is 5.69 Å². The largest absolute Gasteiger partial charge is 0.490 e. The van der Waals surface area contributed by atoms with Crippen LogP contribution in [0.2, 0.25) is 5.02 Å². The van der Waals surface area contributed by atoms with E-state index < -0.39 is 16.9 Å². The average Bonchev–Trinajstić information content (AvgIpc) is 2.35. The van der Waals surface area contributed by atoms with E-state index in [-0.39, 0.29) is 23.1 Å². The van der Waals surface area contributed by atoms with E-state index in [0.29, 0.717) is 6.54 Å². The molecule has 0 spiro atoms. The maximum absolute atomic E-state index is 10.9. The molecule has 0 saturated heterocycles. The van der Waals surface area contributed by atoms with Gasteiger partial charge in [-0.3, -0.25) is 14.9 Å². The van der Waals surface area contributed by atoms with Crippen molar-refractivity contribution in [2.24, 2.45) is 0 Å². The Labute approximate surface area is 114 Å². The van der Waals surface area contributed by atoms with Gasteiger partial charge in [-0.2, -0.15) is 0 Å². The average molecular weight is 289 g/mol. The Balaban J connectivity index is 2.78. The summed E-state index contributed by atoms with van der Waals surface area (Å²) in [5, 5.41) is 22.4. The van der Waals surface area contributed by atoms with Crippen molar-refractivity contribution < 1.29 is 19.6 Å². The van der Waals surface area contributed by atoms with Crippen LogP contribution in [0.4, 0.5) is 5.69 Å². The van der Waals surface area contributed by atoms with Crippen LogP contribution in [0.15, 0.2) is 18.2 Å². The number of nitro benzene ring substituents is 1. The molecule has 0 radical (unpaired) electrons. The number of halogens is 1. The number of carboxylic acid groups (broad SMARTS) is 1. The summed E-state index contributed by atoms with van der Waals surface area (Å²) in [7, 11) is 0. The molecule has 0 fully saturated rings. The molecule has 0 aliphatic heterocycles. The third kappa shape index (κ3) is 4.38. The number of nitrogens with one attached hydrogen (secondary N) is 1. The minimum absolute atomic E-state index is 0.0834. The van der Waals surface area contributed by atoms with Gasteiger partial charge in [0.1, 0.15) is 18.4 Å². The Morgan fingerprint density at radius 3 is 2.84 bits per heavy atom. The van der Waals surface area contributed by atoms with Crippen LogP contribution in [0.3, 0.4) is 0 Å². The summed E-state index contributed by atoms with van der Waals surface area (Å²) in [5.74, 6) is -0.983. The number of hydrogen-bond acceptors (Lipinski definition) is 5. The van der Waals surface area contributed by atoms with Crippen molar-refractivity contribution in [2.75, 3.05) is 13.2 Å². The Bertz CT molecular complexity index is 480. The number of non-ortho nitro benzene ring substituents is 1. The standard InChI is InChI=1S/C11H13ClN2O5/c1-2-13-9(11(15)16)6-19-10-5-7(14(17)18)3-4-8(10)12/h3-5,9,13H,2,6H2,1H3,(H,15,16). The van der Waals surface area contributed by atoms with Crippen LogP contribution in [-0.2, 0) is 4.79 Å². The highest BCUT2D eigenvalue weighted by Gasteiger charge is 2.18. The number of nitro groups is 1. The van der Waals surface area contributed by atoms with Crippen LogP contribution < -0.4 is 10.1 Å². The fraction of sp³-hybridized carbons (Fsp3) is 0.364. The third-order valence-electron chi connectivity index (χ3n) is 2.28. The van der Waals surface area contributed by atoms with Gasteiger partial charge in [-0.05, 0) is 12.6 Å². The maximum atomic E-state index is 10.9. The van der Waals surface area contributed by atoms with Crippen LogP contribution in [0.5, 0.6) is 5.75 Å². The highest BCUT2D eigenvalue weighted by atomic mass is 35.5. The van der Waals surface area contributed by atoms with Crippen molar-refractivity contribution >= 4 is 23.3 Å². The van der Waals surface area contributed by atoms with Crippen molar-refractivity contribution in [3.8, 4) is 5.75 Å². The molecule has 0 heterocycles. The van der Waals surface area contributed by atoms with E-state index in [2.05, 4.69) is 5.32 Å². The number of ether oxygens (including phenoxy) is 1. The van der Waals surface area contributed by atoms with E-state index in [0.717, 1.165) is 6.07 Å². The van der Waals surface area contributed by atoms with Gasteiger partial charge in [0, 0.05) is 6.07 Å². The van der Waals surface area contributed by atoms with E-state index in [1.165, 1.54) is 12.1 Å². The first-order valence-electron chi connectivity index (χ1n) is 5.48. The van der Waals surface area contributed by atoms with Crippen molar-refractivity contribution in [2.45, 2.75) is 13.0 Å².